The zero-order valence-corrected chi connectivity index (χ0v) is 21.3. The van der Waals surface area contributed by atoms with Crippen LogP contribution < -0.4 is 10.1 Å². The minimum atomic E-state index is -0.553. The average Bonchev–Trinajstić information content (AvgIpc) is 2.73. The largest absolute Gasteiger partial charge is 0.490 e. The minimum Gasteiger partial charge on any atom is -0.490 e. The van der Waals surface area contributed by atoms with Gasteiger partial charge in [0.05, 0.1) is 0 Å². The number of hydrogen-bond acceptors (Lipinski definition) is 3. The van der Waals surface area contributed by atoms with Gasteiger partial charge in [0.2, 0.25) is 0 Å². The molecule has 2 N–H and O–H groups in total. The molecule has 0 aromatic heterocycles. The highest BCUT2D eigenvalue weighted by Gasteiger charge is 2.28. The van der Waals surface area contributed by atoms with E-state index in [1.807, 2.05) is 6.07 Å². The zero-order chi connectivity index (χ0) is 23.9. The van der Waals surface area contributed by atoms with E-state index < -0.39 is 6.10 Å². The van der Waals surface area contributed by atoms with Gasteiger partial charge in [-0.2, -0.15) is 0 Å². The fourth-order valence-electron chi connectivity index (χ4n) is 3.49. The van der Waals surface area contributed by atoms with Crippen LogP contribution in [0.1, 0.15) is 84.1 Å². The summed E-state index contributed by atoms with van der Waals surface area (Å²) < 4.78 is 6.35. The first-order valence-corrected chi connectivity index (χ1v) is 11.9. The predicted octanol–water partition coefficient (Wildman–Crippen LogP) is 6.58. The van der Waals surface area contributed by atoms with Gasteiger partial charge in [0.1, 0.15) is 18.5 Å². The van der Waals surface area contributed by atoms with Crippen molar-refractivity contribution in [2.45, 2.75) is 84.8 Å². The quantitative estimate of drug-likeness (QED) is 0.435. The van der Waals surface area contributed by atoms with Crippen molar-refractivity contribution < 1.29 is 9.84 Å². The van der Waals surface area contributed by atoms with E-state index in [4.69, 9.17) is 4.74 Å². The highest BCUT2D eigenvalue weighted by Crippen LogP contribution is 2.41. The second-order valence-corrected chi connectivity index (χ2v) is 10.9. The fourth-order valence-corrected chi connectivity index (χ4v) is 3.49. The van der Waals surface area contributed by atoms with Crippen LogP contribution in [0.5, 0.6) is 5.75 Å². The second-order valence-electron chi connectivity index (χ2n) is 10.9. The van der Waals surface area contributed by atoms with Crippen molar-refractivity contribution in [1.29, 1.82) is 0 Å². The van der Waals surface area contributed by atoms with Gasteiger partial charge in [-0.25, -0.2) is 0 Å². The highest BCUT2D eigenvalue weighted by atomic mass is 16.5. The van der Waals surface area contributed by atoms with Crippen LogP contribution in [-0.4, -0.2) is 30.4 Å². The van der Waals surface area contributed by atoms with Crippen molar-refractivity contribution in [2.75, 3.05) is 13.2 Å². The van der Waals surface area contributed by atoms with E-state index in [-0.39, 0.29) is 17.4 Å². The second kappa shape index (κ2) is 11.2. The molecule has 2 aromatic rings. The summed E-state index contributed by atoms with van der Waals surface area (Å²) in [5.74, 6) is 0.907. The van der Waals surface area contributed by atoms with E-state index in [0.29, 0.717) is 12.6 Å². The Morgan fingerprint density at radius 2 is 1.44 bits per heavy atom. The monoisotopic (exact) mass is 437 g/mol. The Hall–Kier alpha value is -2.10. The van der Waals surface area contributed by atoms with Gasteiger partial charge in [0.15, 0.2) is 0 Å². The zero-order valence-electron chi connectivity index (χ0n) is 21.3. The molecule has 0 aliphatic heterocycles. The summed E-state index contributed by atoms with van der Waals surface area (Å²) in [7, 11) is 0. The summed E-state index contributed by atoms with van der Waals surface area (Å²) in [6.07, 6.45) is 4.81. The number of benzene rings is 2. The summed E-state index contributed by atoms with van der Waals surface area (Å²) >= 11 is 0. The van der Waals surface area contributed by atoms with Crippen LogP contribution in [0.15, 0.2) is 42.5 Å². The molecule has 0 aliphatic carbocycles. The molecule has 2 unspecified atom stereocenters. The number of rotatable bonds is 9. The smallest absolute Gasteiger partial charge is 0.126 e. The molecule has 0 saturated heterocycles. The molecular weight excluding hydrogens is 394 g/mol. The van der Waals surface area contributed by atoms with Crippen LogP contribution >= 0.6 is 0 Å². The summed E-state index contributed by atoms with van der Waals surface area (Å²) in [6, 6.07) is 15.2. The topological polar surface area (TPSA) is 41.5 Å². The van der Waals surface area contributed by atoms with E-state index in [0.717, 1.165) is 17.7 Å². The maximum atomic E-state index is 10.5. The van der Waals surface area contributed by atoms with Gasteiger partial charge in [0.25, 0.3) is 0 Å². The van der Waals surface area contributed by atoms with Crippen LogP contribution in [0.3, 0.4) is 0 Å². The summed E-state index contributed by atoms with van der Waals surface area (Å²) in [6.45, 7) is 18.4. The lowest BCUT2D eigenvalue weighted by molar-refractivity contribution is 0.102. The Morgan fingerprint density at radius 3 is 1.94 bits per heavy atom. The van der Waals surface area contributed by atoms with Gasteiger partial charge in [-0.15, -0.1) is 0 Å². The first-order valence-electron chi connectivity index (χ1n) is 11.9. The molecule has 0 bridgehead atoms. The molecule has 0 heterocycles. The Bertz CT molecular complexity index is 837. The highest BCUT2D eigenvalue weighted by molar-refractivity contribution is 5.71. The number of aliphatic hydroxyl groups excluding tert-OH is 1. The lowest BCUT2D eigenvalue weighted by atomic mass is 9.78. The Balaban J connectivity index is 2.39. The van der Waals surface area contributed by atoms with E-state index >= 15 is 0 Å². The number of hydrogen-bond donors (Lipinski definition) is 2. The molecule has 0 aliphatic rings. The fraction of sp³-hybridized carbons (Fsp3) is 0.517. The molecule has 0 amide bonds. The third kappa shape index (κ3) is 7.79. The number of aliphatic hydroxyl groups is 1. The van der Waals surface area contributed by atoms with Crippen molar-refractivity contribution in [3.63, 3.8) is 0 Å². The standard InChI is InChI=1S/C29H43NO2/c1-9-21(2)30-19-24(31)20-32-27-25(28(3,4)5)17-23(18-26(27)29(6,7)8)16-15-22-13-11-10-12-14-22/h10-18,21,24,30-31H,9,19-20H2,1-8H3/b16-15+. The van der Waals surface area contributed by atoms with E-state index in [1.165, 1.54) is 16.7 Å². The SMILES string of the molecule is CCC(C)NCC(O)COc1c(C(C)(C)C)cc(/C=C/c2ccccc2)cc1C(C)(C)C. The summed E-state index contributed by atoms with van der Waals surface area (Å²) in [4.78, 5) is 0. The Labute approximate surface area is 195 Å². The third-order valence-corrected chi connectivity index (χ3v) is 5.73. The van der Waals surface area contributed by atoms with Gasteiger partial charge in [-0.3, -0.25) is 0 Å². The van der Waals surface area contributed by atoms with Gasteiger partial charge in [0, 0.05) is 23.7 Å². The molecular formula is C29H43NO2. The van der Waals surface area contributed by atoms with E-state index in [1.54, 1.807) is 0 Å². The average molecular weight is 438 g/mol. The van der Waals surface area contributed by atoms with Gasteiger partial charge in [-0.1, -0.05) is 91.0 Å². The number of nitrogens with one attached hydrogen (secondary N) is 1. The minimum absolute atomic E-state index is 0.0914. The van der Waals surface area contributed by atoms with Crippen LogP contribution in [-0.2, 0) is 10.8 Å². The summed E-state index contributed by atoms with van der Waals surface area (Å²) in [5, 5.41) is 13.9. The van der Waals surface area contributed by atoms with Gasteiger partial charge in [-0.05, 0) is 47.4 Å². The molecule has 176 valence electrons. The molecule has 0 spiro atoms. The maximum absolute atomic E-state index is 10.5. The van der Waals surface area contributed by atoms with E-state index in [2.05, 4.69) is 109 Å². The van der Waals surface area contributed by atoms with Crippen molar-refractivity contribution in [3.8, 4) is 5.75 Å². The molecule has 2 aromatic carbocycles. The first kappa shape index (κ1) is 26.2. The lowest BCUT2D eigenvalue weighted by Crippen LogP contribution is -2.36. The van der Waals surface area contributed by atoms with Crippen LogP contribution in [0.2, 0.25) is 0 Å². The molecule has 0 fully saturated rings. The Kier molecular flexibility index (Phi) is 9.12. The van der Waals surface area contributed by atoms with Crippen LogP contribution in [0.25, 0.3) is 12.2 Å². The third-order valence-electron chi connectivity index (χ3n) is 5.73. The van der Waals surface area contributed by atoms with E-state index in [9.17, 15) is 5.11 Å². The molecule has 0 saturated carbocycles. The van der Waals surface area contributed by atoms with Gasteiger partial charge < -0.3 is 15.2 Å². The first-order chi connectivity index (χ1) is 14.9. The van der Waals surface area contributed by atoms with Crippen molar-refractivity contribution >= 4 is 12.2 Å². The normalized spacial score (nSPS) is 14.5. The maximum Gasteiger partial charge on any atom is 0.126 e. The molecule has 3 heteroatoms. The summed E-state index contributed by atoms with van der Waals surface area (Å²) in [5.41, 5.74) is 4.49. The molecule has 2 atom stereocenters. The van der Waals surface area contributed by atoms with Crippen molar-refractivity contribution in [2.24, 2.45) is 0 Å². The van der Waals surface area contributed by atoms with Crippen LogP contribution in [0.4, 0.5) is 0 Å². The predicted molar refractivity (Wildman–Crippen MR) is 138 cm³/mol. The molecule has 32 heavy (non-hydrogen) atoms. The number of ether oxygens (including phenoxy) is 1. The molecule has 3 nitrogen and oxygen atoms in total. The van der Waals surface area contributed by atoms with Gasteiger partial charge >= 0.3 is 0 Å². The van der Waals surface area contributed by atoms with Crippen molar-refractivity contribution in [3.05, 3.63) is 64.7 Å². The van der Waals surface area contributed by atoms with Crippen LogP contribution in [0, 0.1) is 0 Å². The molecule has 2 rings (SSSR count). The Morgan fingerprint density at radius 1 is 0.906 bits per heavy atom. The lowest BCUT2D eigenvalue weighted by Gasteiger charge is -2.31. The van der Waals surface area contributed by atoms with Crippen molar-refractivity contribution in [1.82, 2.24) is 5.32 Å². The molecule has 0 radical (unpaired) electrons.